The molecule has 10 aromatic rings. The SMILES string of the molecule is C1=CC2Sc3ccc(-n4c5ccc(-c6ccc7oc8ccc(-c9ccccn9)cc8c7c6)cc5c5cc(-c6ccccc6-c6ccccn6)ccc54)cc3C2C=C1. The number of hydrogen-bond donors (Lipinski definition) is 0. The van der Waals surface area contributed by atoms with Gasteiger partial charge in [0, 0.05) is 66.8 Å². The number of hydrogen-bond acceptors (Lipinski definition) is 4. The third-order valence-corrected chi connectivity index (χ3v) is 13.0. The molecule has 4 aromatic heterocycles. The topological polar surface area (TPSA) is 43.9 Å². The van der Waals surface area contributed by atoms with E-state index in [1.54, 1.807) is 0 Å². The third kappa shape index (κ3) is 5.23. The zero-order valence-corrected chi connectivity index (χ0v) is 31.5. The number of pyridine rings is 2. The zero-order valence-electron chi connectivity index (χ0n) is 30.7. The first-order chi connectivity index (χ1) is 28.2. The molecule has 0 saturated heterocycles. The molecule has 0 spiro atoms. The van der Waals surface area contributed by atoms with Gasteiger partial charge in [-0.3, -0.25) is 9.97 Å². The van der Waals surface area contributed by atoms with E-state index < -0.39 is 0 Å². The molecule has 6 aromatic carbocycles. The van der Waals surface area contributed by atoms with Gasteiger partial charge in [0.2, 0.25) is 0 Å². The van der Waals surface area contributed by atoms with Gasteiger partial charge in [-0.1, -0.05) is 78.9 Å². The van der Waals surface area contributed by atoms with Crippen LogP contribution in [-0.4, -0.2) is 19.8 Å². The predicted octanol–water partition coefficient (Wildman–Crippen LogP) is 13.8. The monoisotopic (exact) mass is 747 g/mol. The number of allylic oxidation sites excluding steroid dienone is 3. The van der Waals surface area contributed by atoms with Crippen LogP contribution in [-0.2, 0) is 0 Å². The van der Waals surface area contributed by atoms with Gasteiger partial charge in [0.25, 0.3) is 0 Å². The average molecular weight is 748 g/mol. The molecule has 4 nitrogen and oxygen atoms in total. The first-order valence-electron chi connectivity index (χ1n) is 19.4. The van der Waals surface area contributed by atoms with Crippen LogP contribution >= 0.6 is 11.8 Å². The second kappa shape index (κ2) is 12.8. The molecular formula is C52H33N3OS. The van der Waals surface area contributed by atoms with Crippen molar-refractivity contribution in [3.8, 4) is 50.5 Å². The molecule has 5 heteroatoms. The van der Waals surface area contributed by atoms with Crippen molar-refractivity contribution in [3.63, 3.8) is 0 Å². The van der Waals surface area contributed by atoms with Crippen LogP contribution in [0.15, 0.2) is 198 Å². The second-order valence-electron chi connectivity index (χ2n) is 14.9. The molecule has 1 aliphatic heterocycles. The summed E-state index contributed by atoms with van der Waals surface area (Å²) in [5, 5.41) is 5.06. The van der Waals surface area contributed by atoms with Gasteiger partial charge in [0.15, 0.2) is 0 Å². The predicted molar refractivity (Wildman–Crippen MR) is 236 cm³/mol. The van der Waals surface area contributed by atoms with Crippen molar-refractivity contribution in [2.75, 3.05) is 0 Å². The summed E-state index contributed by atoms with van der Waals surface area (Å²) in [6, 6.07) is 54.6. The molecule has 0 bridgehead atoms. The van der Waals surface area contributed by atoms with Crippen molar-refractivity contribution in [1.82, 2.24) is 14.5 Å². The summed E-state index contributed by atoms with van der Waals surface area (Å²) >= 11 is 1.97. The largest absolute Gasteiger partial charge is 0.456 e. The summed E-state index contributed by atoms with van der Waals surface area (Å²) in [6.45, 7) is 0. The number of rotatable bonds is 5. The standard InChI is InChI=1S/C52H33N3OS/c1-2-10-38(46-13-6-8-26-54-46)37(9-1)34-16-21-48-41(29-34)40-27-32(15-20-47(40)55(48)36-19-24-52-44(31-36)39-11-3-4-14-51(39)57-52)33-17-22-49-42(28-33)43-30-35(18-23-50(43)56-49)45-12-5-7-25-53-45/h1-31,39,51H. The minimum absolute atomic E-state index is 0.387. The highest BCUT2D eigenvalue weighted by Gasteiger charge is 2.31. The zero-order chi connectivity index (χ0) is 37.5. The maximum atomic E-state index is 6.34. The molecule has 0 fully saturated rings. The number of thioether (sulfide) groups is 1. The van der Waals surface area contributed by atoms with Crippen molar-refractivity contribution in [2.24, 2.45) is 0 Å². The summed E-state index contributed by atoms with van der Waals surface area (Å²) in [6.07, 6.45) is 12.8. The normalized spacial score (nSPS) is 15.9. The van der Waals surface area contributed by atoms with Crippen LogP contribution in [0.1, 0.15) is 11.5 Å². The maximum absolute atomic E-state index is 6.34. The molecule has 0 N–H and O–H groups in total. The molecule has 12 rings (SSSR count). The number of fused-ring (bicyclic) bond motifs is 9. The van der Waals surface area contributed by atoms with Gasteiger partial charge in [0.1, 0.15) is 11.2 Å². The van der Waals surface area contributed by atoms with E-state index in [4.69, 9.17) is 9.40 Å². The van der Waals surface area contributed by atoms with Gasteiger partial charge in [-0.05, 0) is 125 Å². The van der Waals surface area contributed by atoms with Crippen LogP contribution in [0.25, 0.3) is 94.2 Å². The summed E-state index contributed by atoms with van der Waals surface area (Å²) in [7, 11) is 0. The Morgan fingerprint density at radius 1 is 0.491 bits per heavy atom. The maximum Gasteiger partial charge on any atom is 0.135 e. The highest BCUT2D eigenvalue weighted by atomic mass is 32.2. The molecule has 5 heterocycles. The Balaban J connectivity index is 1.05. The van der Waals surface area contributed by atoms with Crippen molar-refractivity contribution >= 4 is 55.5 Å². The van der Waals surface area contributed by atoms with E-state index in [1.165, 1.54) is 38.0 Å². The Bertz CT molecular complexity index is 3280. The van der Waals surface area contributed by atoms with E-state index in [9.17, 15) is 0 Å². The molecule has 1 aliphatic carbocycles. The lowest BCUT2D eigenvalue weighted by Gasteiger charge is -2.16. The number of aromatic nitrogens is 3. The minimum atomic E-state index is 0.387. The Kier molecular flexibility index (Phi) is 7.26. The molecule has 2 aliphatic rings. The molecule has 0 amide bonds. The van der Waals surface area contributed by atoms with E-state index in [-0.39, 0.29) is 0 Å². The van der Waals surface area contributed by atoms with Gasteiger partial charge >= 0.3 is 0 Å². The molecule has 2 atom stereocenters. The third-order valence-electron chi connectivity index (χ3n) is 11.7. The van der Waals surface area contributed by atoms with Gasteiger partial charge in [-0.25, -0.2) is 0 Å². The highest BCUT2D eigenvalue weighted by molar-refractivity contribution is 8.00. The smallest absolute Gasteiger partial charge is 0.135 e. The Morgan fingerprint density at radius 3 is 1.86 bits per heavy atom. The van der Waals surface area contributed by atoms with E-state index in [0.717, 1.165) is 66.7 Å². The first-order valence-corrected chi connectivity index (χ1v) is 20.2. The fraction of sp³-hybridized carbons (Fsp3) is 0.0385. The van der Waals surface area contributed by atoms with Crippen molar-refractivity contribution in [1.29, 1.82) is 0 Å². The molecule has 0 saturated carbocycles. The van der Waals surface area contributed by atoms with E-state index in [2.05, 4.69) is 161 Å². The summed E-state index contributed by atoms with van der Waals surface area (Å²) in [4.78, 5) is 10.7. The Hall–Kier alpha value is -6.95. The lowest BCUT2D eigenvalue weighted by molar-refractivity contribution is 0.669. The quantitative estimate of drug-likeness (QED) is 0.176. The van der Waals surface area contributed by atoms with Gasteiger partial charge in [0.05, 0.1) is 22.4 Å². The van der Waals surface area contributed by atoms with Crippen LogP contribution in [0.5, 0.6) is 0 Å². The van der Waals surface area contributed by atoms with Crippen LogP contribution in [0.2, 0.25) is 0 Å². The summed E-state index contributed by atoms with van der Waals surface area (Å²) in [5.41, 5.74) is 15.4. The van der Waals surface area contributed by atoms with E-state index >= 15 is 0 Å². The molecule has 57 heavy (non-hydrogen) atoms. The van der Waals surface area contributed by atoms with Crippen molar-refractivity contribution < 1.29 is 4.42 Å². The minimum Gasteiger partial charge on any atom is -0.456 e. The van der Waals surface area contributed by atoms with Crippen LogP contribution in [0.3, 0.4) is 0 Å². The number of furan rings is 1. The summed E-state index contributed by atoms with van der Waals surface area (Å²) < 4.78 is 8.79. The van der Waals surface area contributed by atoms with Crippen molar-refractivity contribution in [2.45, 2.75) is 16.1 Å². The van der Waals surface area contributed by atoms with Gasteiger partial charge < -0.3 is 8.98 Å². The molecule has 2 unspecified atom stereocenters. The van der Waals surface area contributed by atoms with E-state index in [1.807, 2.05) is 48.4 Å². The van der Waals surface area contributed by atoms with Crippen molar-refractivity contribution in [3.05, 3.63) is 194 Å². The number of nitrogens with zero attached hydrogens (tertiary/aromatic N) is 3. The van der Waals surface area contributed by atoms with Gasteiger partial charge in [-0.2, -0.15) is 0 Å². The van der Waals surface area contributed by atoms with Gasteiger partial charge in [-0.15, -0.1) is 11.8 Å². The molecule has 268 valence electrons. The molecule has 0 radical (unpaired) electrons. The average Bonchev–Trinajstić information content (AvgIpc) is 3.95. The second-order valence-corrected chi connectivity index (χ2v) is 16.1. The fourth-order valence-electron chi connectivity index (χ4n) is 8.95. The Labute approximate surface area is 333 Å². The van der Waals surface area contributed by atoms with E-state index in [0.29, 0.717) is 11.2 Å². The fourth-order valence-corrected chi connectivity index (χ4v) is 10.3. The lowest BCUT2D eigenvalue weighted by Crippen LogP contribution is -2.07. The Morgan fingerprint density at radius 2 is 1.11 bits per heavy atom. The van der Waals surface area contributed by atoms with Crippen LogP contribution in [0.4, 0.5) is 0 Å². The van der Waals surface area contributed by atoms with Crippen LogP contribution < -0.4 is 0 Å². The van der Waals surface area contributed by atoms with Crippen LogP contribution in [0, 0.1) is 0 Å². The number of benzene rings is 6. The molecular weight excluding hydrogens is 715 g/mol. The summed E-state index contributed by atoms with van der Waals surface area (Å²) in [5.74, 6) is 0.387. The highest BCUT2D eigenvalue weighted by Crippen LogP contribution is 2.49. The first kappa shape index (κ1) is 32.3. The lowest BCUT2D eigenvalue weighted by atomic mass is 9.92.